The van der Waals surface area contributed by atoms with Gasteiger partial charge in [-0.2, -0.15) is 0 Å². The van der Waals surface area contributed by atoms with Crippen LogP contribution in [-0.4, -0.2) is 0 Å². The fourth-order valence-electron chi connectivity index (χ4n) is 5.24. The van der Waals surface area contributed by atoms with Crippen molar-refractivity contribution in [3.8, 4) is 0 Å². The van der Waals surface area contributed by atoms with E-state index in [-0.39, 0.29) is 0 Å². The Morgan fingerprint density at radius 3 is 0.781 bits per heavy atom. The molecule has 0 N–H and O–H groups in total. The van der Waals surface area contributed by atoms with Crippen molar-refractivity contribution in [2.24, 2.45) is 11.8 Å². The molecule has 0 saturated heterocycles. The minimum atomic E-state index is 0.957. The molecule has 0 aliphatic rings. The zero-order chi connectivity index (χ0) is 23.5. The van der Waals surface area contributed by atoms with Gasteiger partial charge in [0.1, 0.15) is 0 Å². The molecule has 0 nitrogen and oxygen atoms in total. The summed E-state index contributed by atoms with van der Waals surface area (Å²) in [5, 5.41) is 0. The standard InChI is InChI=1S/C32H66/c1-5-7-9-11-13-15-16-17-19-21-23-25-28-32(4)30-26-29-31(3)27-24-22-20-18-14-12-10-8-6-2/h31-32H,5-30H2,1-4H3. The molecule has 0 aromatic rings. The van der Waals surface area contributed by atoms with Gasteiger partial charge in [-0.1, -0.05) is 195 Å². The van der Waals surface area contributed by atoms with Gasteiger partial charge in [-0.3, -0.25) is 0 Å². The number of rotatable bonds is 27. The molecule has 0 aliphatic heterocycles. The van der Waals surface area contributed by atoms with Crippen molar-refractivity contribution >= 4 is 0 Å². The van der Waals surface area contributed by atoms with Crippen LogP contribution in [0.2, 0.25) is 0 Å². The third-order valence-corrected chi connectivity index (χ3v) is 7.74. The zero-order valence-electron chi connectivity index (χ0n) is 23.5. The van der Waals surface area contributed by atoms with Crippen molar-refractivity contribution in [3.05, 3.63) is 0 Å². The summed E-state index contributed by atoms with van der Waals surface area (Å²) >= 11 is 0. The van der Waals surface area contributed by atoms with Crippen LogP contribution >= 0.6 is 0 Å². The Balaban J connectivity index is 3.27. The maximum absolute atomic E-state index is 2.50. The predicted molar refractivity (Wildman–Crippen MR) is 150 cm³/mol. The van der Waals surface area contributed by atoms with Crippen molar-refractivity contribution in [3.63, 3.8) is 0 Å². The number of hydrogen-bond donors (Lipinski definition) is 0. The van der Waals surface area contributed by atoms with Crippen molar-refractivity contribution in [1.82, 2.24) is 0 Å². The summed E-state index contributed by atoms with van der Waals surface area (Å²) in [5.74, 6) is 1.91. The van der Waals surface area contributed by atoms with Gasteiger partial charge < -0.3 is 0 Å². The Morgan fingerprint density at radius 1 is 0.281 bits per heavy atom. The van der Waals surface area contributed by atoms with E-state index in [0.717, 1.165) is 11.8 Å². The molecule has 0 heterocycles. The first-order chi connectivity index (χ1) is 15.7. The molecule has 0 fully saturated rings. The van der Waals surface area contributed by atoms with Gasteiger partial charge in [-0.15, -0.1) is 0 Å². The first kappa shape index (κ1) is 32.0. The van der Waals surface area contributed by atoms with Crippen LogP contribution in [0, 0.1) is 11.8 Å². The molecule has 0 saturated carbocycles. The molecule has 0 heteroatoms. The van der Waals surface area contributed by atoms with Gasteiger partial charge in [0.2, 0.25) is 0 Å². The van der Waals surface area contributed by atoms with Crippen LogP contribution in [0.4, 0.5) is 0 Å². The lowest BCUT2D eigenvalue weighted by Crippen LogP contribution is -1.99. The first-order valence-electron chi connectivity index (χ1n) is 15.7. The lowest BCUT2D eigenvalue weighted by atomic mass is 9.92. The molecule has 194 valence electrons. The van der Waals surface area contributed by atoms with E-state index in [0.29, 0.717) is 0 Å². The summed E-state index contributed by atoms with van der Waals surface area (Å²) in [6, 6.07) is 0. The highest BCUT2D eigenvalue weighted by atomic mass is 14.1. The van der Waals surface area contributed by atoms with Gasteiger partial charge in [0.05, 0.1) is 0 Å². The minimum absolute atomic E-state index is 0.957. The van der Waals surface area contributed by atoms with Gasteiger partial charge in [-0.05, 0) is 11.8 Å². The van der Waals surface area contributed by atoms with Crippen LogP contribution in [-0.2, 0) is 0 Å². The molecule has 0 aromatic heterocycles. The third kappa shape index (κ3) is 26.3. The zero-order valence-corrected chi connectivity index (χ0v) is 23.5. The van der Waals surface area contributed by atoms with E-state index in [1.807, 2.05) is 0 Å². The van der Waals surface area contributed by atoms with Gasteiger partial charge in [0, 0.05) is 0 Å². The molecule has 0 bridgehead atoms. The Kier molecular flexibility index (Phi) is 27.2. The lowest BCUT2D eigenvalue weighted by molar-refractivity contribution is 0.390. The van der Waals surface area contributed by atoms with E-state index >= 15 is 0 Å². The average Bonchev–Trinajstić information content (AvgIpc) is 2.78. The third-order valence-electron chi connectivity index (χ3n) is 7.74. The van der Waals surface area contributed by atoms with Gasteiger partial charge in [0.15, 0.2) is 0 Å². The van der Waals surface area contributed by atoms with Crippen molar-refractivity contribution in [2.75, 3.05) is 0 Å². The Labute approximate surface area is 206 Å². The van der Waals surface area contributed by atoms with Crippen LogP contribution in [0.5, 0.6) is 0 Å². The van der Waals surface area contributed by atoms with Crippen LogP contribution < -0.4 is 0 Å². The minimum Gasteiger partial charge on any atom is -0.0654 e. The molecular formula is C32H66. The van der Waals surface area contributed by atoms with Crippen LogP contribution in [0.1, 0.15) is 195 Å². The predicted octanol–water partition coefficient (Wildman–Crippen LogP) is 12.4. The summed E-state index contributed by atoms with van der Waals surface area (Å²) in [4.78, 5) is 0. The van der Waals surface area contributed by atoms with Gasteiger partial charge >= 0.3 is 0 Å². The van der Waals surface area contributed by atoms with E-state index in [1.165, 1.54) is 167 Å². The Morgan fingerprint density at radius 2 is 0.500 bits per heavy atom. The Hall–Kier alpha value is 0. The fraction of sp³-hybridized carbons (Fsp3) is 1.00. The molecule has 2 unspecified atom stereocenters. The monoisotopic (exact) mass is 451 g/mol. The quantitative estimate of drug-likeness (QED) is 0.109. The molecule has 2 atom stereocenters. The average molecular weight is 451 g/mol. The number of hydrogen-bond acceptors (Lipinski definition) is 0. The largest absolute Gasteiger partial charge is 0.0654 e. The molecule has 0 amide bonds. The summed E-state index contributed by atoms with van der Waals surface area (Å²) in [7, 11) is 0. The van der Waals surface area contributed by atoms with Gasteiger partial charge in [-0.25, -0.2) is 0 Å². The normalized spacial score (nSPS) is 13.5. The second kappa shape index (κ2) is 27.2. The Bertz CT molecular complexity index is 320. The molecule has 0 radical (unpaired) electrons. The van der Waals surface area contributed by atoms with Crippen LogP contribution in [0.3, 0.4) is 0 Å². The summed E-state index contributed by atoms with van der Waals surface area (Å²) in [5.41, 5.74) is 0. The SMILES string of the molecule is CCCCCCCCCCCCCCC(C)CCCC(C)CCCCCCCCCCC. The van der Waals surface area contributed by atoms with Crippen LogP contribution in [0.15, 0.2) is 0 Å². The van der Waals surface area contributed by atoms with Crippen molar-refractivity contribution in [1.29, 1.82) is 0 Å². The first-order valence-corrected chi connectivity index (χ1v) is 15.7. The highest BCUT2D eigenvalue weighted by molar-refractivity contribution is 4.59. The molecule has 0 rings (SSSR count). The van der Waals surface area contributed by atoms with E-state index in [4.69, 9.17) is 0 Å². The highest BCUT2D eigenvalue weighted by Gasteiger charge is 2.06. The second-order valence-electron chi connectivity index (χ2n) is 11.4. The lowest BCUT2D eigenvalue weighted by Gasteiger charge is -2.14. The summed E-state index contributed by atoms with van der Waals surface area (Å²) in [6.45, 7) is 9.62. The van der Waals surface area contributed by atoms with Gasteiger partial charge in [0.25, 0.3) is 0 Å². The van der Waals surface area contributed by atoms with E-state index in [9.17, 15) is 0 Å². The molecular weight excluding hydrogens is 384 g/mol. The molecule has 0 aromatic carbocycles. The highest BCUT2D eigenvalue weighted by Crippen LogP contribution is 2.22. The maximum Gasteiger partial charge on any atom is -0.0443 e. The molecule has 32 heavy (non-hydrogen) atoms. The number of unbranched alkanes of at least 4 members (excludes halogenated alkanes) is 19. The maximum atomic E-state index is 2.50. The van der Waals surface area contributed by atoms with Crippen molar-refractivity contribution in [2.45, 2.75) is 195 Å². The van der Waals surface area contributed by atoms with E-state index < -0.39 is 0 Å². The fourth-order valence-corrected chi connectivity index (χ4v) is 5.24. The molecule has 0 aliphatic carbocycles. The summed E-state index contributed by atoms with van der Waals surface area (Å²) in [6.07, 6.45) is 38.1. The topological polar surface area (TPSA) is 0 Å². The van der Waals surface area contributed by atoms with E-state index in [1.54, 1.807) is 0 Å². The molecule has 0 spiro atoms. The second-order valence-corrected chi connectivity index (χ2v) is 11.4. The summed E-state index contributed by atoms with van der Waals surface area (Å²) < 4.78 is 0. The van der Waals surface area contributed by atoms with E-state index in [2.05, 4.69) is 27.7 Å². The van der Waals surface area contributed by atoms with Crippen LogP contribution in [0.25, 0.3) is 0 Å². The smallest absolute Gasteiger partial charge is 0.0443 e. The van der Waals surface area contributed by atoms with Crippen molar-refractivity contribution < 1.29 is 0 Å².